The largest absolute Gasteiger partial charge is 0.395 e. The molecule has 4 saturated carbocycles. The zero-order valence-corrected chi connectivity index (χ0v) is 18.2. The molecule has 1 aromatic heterocycles. The maximum absolute atomic E-state index is 13.4. The number of nitrogens with zero attached hydrogens (tertiary/aromatic N) is 2. The van der Waals surface area contributed by atoms with E-state index in [9.17, 15) is 9.90 Å². The van der Waals surface area contributed by atoms with E-state index >= 15 is 0 Å². The minimum atomic E-state index is 0.175. The first-order valence-electron chi connectivity index (χ1n) is 12.4. The van der Waals surface area contributed by atoms with Gasteiger partial charge in [0.25, 0.3) is 5.56 Å². The highest BCUT2D eigenvalue weighted by Crippen LogP contribution is 2.60. The van der Waals surface area contributed by atoms with Crippen molar-refractivity contribution >= 4 is 0 Å². The maximum atomic E-state index is 13.4. The van der Waals surface area contributed by atoms with Crippen molar-refractivity contribution in [3.63, 3.8) is 0 Å². The van der Waals surface area contributed by atoms with Crippen molar-refractivity contribution in [3.05, 3.63) is 33.7 Å². The van der Waals surface area contributed by atoms with Crippen LogP contribution in [0.3, 0.4) is 0 Å². The van der Waals surface area contributed by atoms with Crippen LogP contribution >= 0.6 is 0 Å². The maximum Gasteiger partial charge on any atom is 0.255 e. The van der Waals surface area contributed by atoms with Gasteiger partial charge in [0.1, 0.15) is 0 Å². The van der Waals surface area contributed by atoms with E-state index in [1.165, 1.54) is 50.6 Å². The normalized spacial score (nSPS) is 38.8. The van der Waals surface area contributed by atoms with Crippen LogP contribution in [0.25, 0.3) is 0 Å². The summed E-state index contributed by atoms with van der Waals surface area (Å²) < 4.78 is 2.08. The molecule has 5 fully saturated rings. The molecule has 1 saturated heterocycles. The van der Waals surface area contributed by atoms with Crippen LogP contribution in [0.4, 0.5) is 0 Å². The Morgan fingerprint density at radius 2 is 1.77 bits per heavy atom. The van der Waals surface area contributed by atoms with Crippen LogP contribution in [0.5, 0.6) is 0 Å². The van der Waals surface area contributed by atoms with E-state index in [1.54, 1.807) is 0 Å². The number of hydrogen-bond acceptors (Lipinski definition) is 4. The van der Waals surface area contributed by atoms with E-state index in [1.807, 2.05) is 0 Å². The highest BCUT2D eigenvalue weighted by Gasteiger charge is 2.51. The fraction of sp³-hybridized carbons (Fsp3) is 0.800. The fourth-order valence-electron chi connectivity index (χ4n) is 8.51. The van der Waals surface area contributed by atoms with Gasteiger partial charge in [0, 0.05) is 49.9 Å². The van der Waals surface area contributed by atoms with Crippen molar-refractivity contribution in [1.29, 1.82) is 0 Å². The van der Waals surface area contributed by atoms with Crippen molar-refractivity contribution in [2.45, 2.75) is 64.0 Å². The minimum Gasteiger partial charge on any atom is -0.395 e. The van der Waals surface area contributed by atoms with Crippen LogP contribution in [0.1, 0.15) is 62.1 Å². The molecule has 2 N–H and O–H groups in total. The third kappa shape index (κ3) is 3.37. The molecule has 3 heterocycles. The number of aliphatic hydroxyl groups is 1. The number of nitrogens with one attached hydrogen (secondary N) is 1. The smallest absolute Gasteiger partial charge is 0.255 e. The van der Waals surface area contributed by atoms with Gasteiger partial charge in [-0.3, -0.25) is 9.69 Å². The van der Waals surface area contributed by atoms with E-state index in [0.29, 0.717) is 30.3 Å². The predicted molar refractivity (Wildman–Crippen MR) is 117 cm³/mol. The highest BCUT2D eigenvalue weighted by molar-refractivity contribution is 5.22. The molecule has 1 aromatic rings. The summed E-state index contributed by atoms with van der Waals surface area (Å²) in [6, 6.07) is 4.31. The summed E-state index contributed by atoms with van der Waals surface area (Å²) >= 11 is 0. The van der Waals surface area contributed by atoms with E-state index in [4.69, 9.17) is 0 Å². The summed E-state index contributed by atoms with van der Waals surface area (Å²) in [5, 5.41) is 13.3. The first kappa shape index (κ1) is 19.5. The number of pyridine rings is 1. The van der Waals surface area contributed by atoms with Crippen molar-refractivity contribution in [3.8, 4) is 0 Å². The van der Waals surface area contributed by atoms with Crippen molar-refractivity contribution in [2.24, 2.45) is 29.1 Å². The third-order valence-electron chi connectivity index (χ3n) is 9.12. The number of piperidine rings is 1. The molecule has 0 spiro atoms. The van der Waals surface area contributed by atoms with Crippen LogP contribution in [-0.2, 0) is 13.1 Å². The molecule has 0 radical (unpaired) electrons. The van der Waals surface area contributed by atoms with Crippen molar-refractivity contribution in [1.82, 2.24) is 14.8 Å². The number of fused-ring (bicyclic) bond motifs is 4. The molecule has 7 rings (SSSR count). The molecule has 2 aliphatic heterocycles. The van der Waals surface area contributed by atoms with Gasteiger partial charge in [-0.2, -0.15) is 0 Å². The van der Waals surface area contributed by atoms with E-state index in [0.717, 1.165) is 49.5 Å². The lowest BCUT2D eigenvalue weighted by atomic mass is 9.49. The Morgan fingerprint density at radius 3 is 2.47 bits per heavy atom. The number of aromatic nitrogens is 1. The number of aliphatic hydroxyl groups excluding tert-OH is 1. The minimum absolute atomic E-state index is 0.175. The van der Waals surface area contributed by atoms with Crippen LogP contribution < -0.4 is 10.9 Å². The zero-order valence-electron chi connectivity index (χ0n) is 18.2. The lowest BCUT2D eigenvalue weighted by Gasteiger charge is -2.58. The first-order chi connectivity index (χ1) is 14.6. The standard InChI is InChI=1S/C25H37N3O2/c29-4-3-27(16-25-9-17-5-18(10-25)7-19(6-17)11-25)15-21-1-2-23-22-8-20(12-26-13-22)14-28(23)24(21)30/h1-2,17-20,22,26,29H,3-16H2/t17?,18?,19?,20-,22+,25?/m0/s1. The van der Waals surface area contributed by atoms with Crippen molar-refractivity contribution in [2.75, 3.05) is 32.8 Å². The van der Waals surface area contributed by atoms with Gasteiger partial charge in [-0.05, 0) is 86.6 Å². The Hall–Kier alpha value is -1.17. The Balaban J connectivity index is 1.24. The van der Waals surface area contributed by atoms with Gasteiger partial charge in [-0.1, -0.05) is 6.07 Å². The average Bonchev–Trinajstić information content (AvgIpc) is 2.70. The molecule has 5 nitrogen and oxygen atoms in total. The predicted octanol–water partition coefficient (Wildman–Crippen LogP) is 2.57. The summed E-state index contributed by atoms with van der Waals surface area (Å²) in [6.45, 7) is 5.50. The Morgan fingerprint density at radius 1 is 1.03 bits per heavy atom. The summed E-state index contributed by atoms with van der Waals surface area (Å²) in [5.74, 6) is 3.89. The van der Waals surface area contributed by atoms with Crippen LogP contribution in [-0.4, -0.2) is 47.4 Å². The first-order valence-corrected chi connectivity index (χ1v) is 12.4. The second kappa shape index (κ2) is 7.46. The second-order valence-electron chi connectivity index (χ2n) is 11.5. The molecule has 0 aromatic carbocycles. The van der Waals surface area contributed by atoms with Gasteiger partial charge in [0.2, 0.25) is 0 Å². The second-order valence-corrected chi connectivity index (χ2v) is 11.5. The third-order valence-corrected chi connectivity index (χ3v) is 9.12. The van der Waals surface area contributed by atoms with Gasteiger partial charge >= 0.3 is 0 Å². The lowest BCUT2D eigenvalue weighted by molar-refractivity contribution is -0.0715. The molecule has 5 heteroatoms. The highest BCUT2D eigenvalue weighted by atomic mass is 16.3. The van der Waals surface area contributed by atoms with Gasteiger partial charge in [0.15, 0.2) is 0 Å². The molecule has 2 atom stereocenters. The summed E-state index contributed by atoms with van der Waals surface area (Å²) in [5.41, 5.74) is 2.81. The number of hydrogen-bond donors (Lipinski definition) is 2. The van der Waals surface area contributed by atoms with Gasteiger partial charge in [0.05, 0.1) is 6.61 Å². The van der Waals surface area contributed by atoms with Gasteiger partial charge < -0.3 is 15.0 Å². The Bertz CT molecular complexity index is 827. The van der Waals surface area contributed by atoms with Crippen LogP contribution in [0.15, 0.2) is 16.9 Å². The summed E-state index contributed by atoms with van der Waals surface area (Å²) in [6.07, 6.45) is 9.73. The average molecular weight is 412 g/mol. The van der Waals surface area contributed by atoms with E-state index in [2.05, 4.69) is 26.9 Å². The molecule has 6 bridgehead atoms. The lowest BCUT2D eigenvalue weighted by Crippen LogP contribution is -2.51. The van der Waals surface area contributed by atoms with Gasteiger partial charge in [-0.15, -0.1) is 0 Å². The molecule has 6 aliphatic rings. The molecule has 164 valence electrons. The van der Waals surface area contributed by atoms with Crippen LogP contribution in [0.2, 0.25) is 0 Å². The van der Waals surface area contributed by atoms with E-state index < -0.39 is 0 Å². The Labute approximate surface area is 179 Å². The summed E-state index contributed by atoms with van der Waals surface area (Å²) in [4.78, 5) is 15.8. The molecule has 30 heavy (non-hydrogen) atoms. The van der Waals surface area contributed by atoms with Crippen molar-refractivity contribution < 1.29 is 5.11 Å². The molecular formula is C25H37N3O2. The van der Waals surface area contributed by atoms with E-state index in [-0.39, 0.29) is 12.2 Å². The number of rotatable bonds is 6. The molecule has 4 aliphatic carbocycles. The van der Waals surface area contributed by atoms with Gasteiger partial charge in [-0.25, -0.2) is 0 Å². The molecular weight excluding hydrogens is 374 g/mol. The zero-order chi connectivity index (χ0) is 20.3. The molecule has 0 unspecified atom stereocenters. The fourth-order valence-corrected chi connectivity index (χ4v) is 8.51. The summed E-state index contributed by atoms with van der Waals surface area (Å²) in [7, 11) is 0. The molecule has 0 amide bonds. The monoisotopic (exact) mass is 411 g/mol. The van der Waals surface area contributed by atoms with Crippen LogP contribution in [0, 0.1) is 29.1 Å². The Kier molecular flexibility index (Phi) is 4.85. The quantitative estimate of drug-likeness (QED) is 0.755. The SMILES string of the molecule is O=c1c(CN(CCO)CC23CC4CC(CC(C4)C2)C3)ccc2n1C[C@@H]1CNC[C@H]2C1. The topological polar surface area (TPSA) is 57.5 Å².